The second-order valence-corrected chi connectivity index (χ2v) is 5.37. The Morgan fingerprint density at radius 2 is 2.06 bits per heavy atom. The van der Waals surface area contributed by atoms with Gasteiger partial charge in [-0.15, -0.1) is 0 Å². The molecule has 2 heterocycles. The van der Waals surface area contributed by atoms with Crippen molar-refractivity contribution in [3.63, 3.8) is 0 Å². The van der Waals surface area contributed by atoms with Crippen molar-refractivity contribution in [1.82, 2.24) is 4.40 Å². The minimum Gasteiger partial charge on any atom is -0.280 e. The largest absolute Gasteiger partial charge is 0.280 e. The number of rotatable bonds is 1. The maximum Gasteiger partial charge on any atom is 0.258 e. The predicted molar refractivity (Wildman–Crippen MR) is 70.1 cm³/mol. The van der Waals surface area contributed by atoms with Gasteiger partial charge in [-0.05, 0) is 49.8 Å². The van der Waals surface area contributed by atoms with Crippen LogP contribution in [0.4, 0.5) is 4.39 Å². The van der Waals surface area contributed by atoms with Crippen molar-refractivity contribution >= 4 is 17.1 Å². The standard InChI is InChI=1S/C14H13ClFNO/c1-7-5-10(9-3-4-9)13-8(2)12(15)11(16)6-17(13)14(7)18/h5-6,9H,3-4H2,1-2H3. The summed E-state index contributed by atoms with van der Waals surface area (Å²) < 4.78 is 15.1. The van der Waals surface area contributed by atoms with Gasteiger partial charge in [-0.1, -0.05) is 11.6 Å². The van der Waals surface area contributed by atoms with Gasteiger partial charge in [-0.25, -0.2) is 4.39 Å². The Labute approximate surface area is 109 Å². The summed E-state index contributed by atoms with van der Waals surface area (Å²) in [6, 6.07) is 1.93. The molecule has 0 unspecified atom stereocenters. The zero-order valence-corrected chi connectivity index (χ0v) is 11.0. The van der Waals surface area contributed by atoms with E-state index in [0.717, 1.165) is 23.9 Å². The molecule has 2 aromatic heterocycles. The quantitative estimate of drug-likeness (QED) is 0.772. The van der Waals surface area contributed by atoms with Crippen molar-refractivity contribution in [3.8, 4) is 0 Å². The maximum atomic E-state index is 13.7. The van der Waals surface area contributed by atoms with Gasteiger partial charge in [0.1, 0.15) is 0 Å². The highest BCUT2D eigenvalue weighted by molar-refractivity contribution is 6.32. The lowest BCUT2D eigenvalue weighted by atomic mass is 10.0. The molecule has 0 atom stereocenters. The van der Waals surface area contributed by atoms with Crippen LogP contribution in [0.1, 0.15) is 35.4 Å². The Balaban J connectivity index is 2.53. The van der Waals surface area contributed by atoms with Crippen LogP contribution in [-0.2, 0) is 0 Å². The van der Waals surface area contributed by atoms with Gasteiger partial charge in [0, 0.05) is 11.8 Å². The fourth-order valence-electron chi connectivity index (χ4n) is 2.47. The van der Waals surface area contributed by atoms with Crippen LogP contribution in [0.2, 0.25) is 5.02 Å². The summed E-state index contributed by atoms with van der Waals surface area (Å²) in [5.74, 6) is -0.0596. The first-order chi connectivity index (χ1) is 8.50. The number of hydrogen-bond donors (Lipinski definition) is 0. The summed E-state index contributed by atoms with van der Waals surface area (Å²) in [5, 5.41) is 0.111. The fourth-order valence-corrected chi connectivity index (χ4v) is 2.61. The Morgan fingerprint density at radius 1 is 1.39 bits per heavy atom. The van der Waals surface area contributed by atoms with E-state index in [1.807, 2.05) is 6.07 Å². The van der Waals surface area contributed by atoms with Crippen molar-refractivity contribution in [2.24, 2.45) is 0 Å². The summed E-state index contributed by atoms with van der Waals surface area (Å²) in [5.41, 5.74) is 3.02. The lowest BCUT2D eigenvalue weighted by Gasteiger charge is -2.13. The number of nitrogens with zero attached hydrogens (tertiary/aromatic N) is 1. The average molecular weight is 266 g/mol. The van der Waals surface area contributed by atoms with Crippen molar-refractivity contribution in [3.05, 3.63) is 50.1 Å². The van der Waals surface area contributed by atoms with E-state index in [1.165, 1.54) is 10.6 Å². The molecule has 0 N–H and O–H groups in total. The van der Waals surface area contributed by atoms with Crippen LogP contribution in [0, 0.1) is 19.7 Å². The smallest absolute Gasteiger partial charge is 0.258 e. The van der Waals surface area contributed by atoms with E-state index >= 15 is 0 Å². The molecular weight excluding hydrogens is 253 g/mol. The first-order valence-electron chi connectivity index (χ1n) is 6.01. The molecule has 18 heavy (non-hydrogen) atoms. The topological polar surface area (TPSA) is 21.5 Å². The first-order valence-corrected chi connectivity index (χ1v) is 6.39. The van der Waals surface area contributed by atoms with Gasteiger partial charge in [0.15, 0.2) is 5.82 Å². The van der Waals surface area contributed by atoms with E-state index < -0.39 is 5.82 Å². The molecule has 1 saturated carbocycles. The molecule has 1 aliphatic rings. The average Bonchev–Trinajstić information content (AvgIpc) is 3.15. The van der Waals surface area contributed by atoms with Gasteiger partial charge < -0.3 is 0 Å². The van der Waals surface area contributed by atoms with Crippen LogP contribution >= 0.6 is 11.6 Å². The summed E-state index contributed by atoms with van der Waals surface area (Å²) in [6.45, 7) is 3.53. The second-order valence-electron chi connectivity index (χ2n) is 5.00. The number of fused-ring (bicyclic) bond motifs is 1. The molecule has 0 aromatic carbocycles. The van der Waals surface area contributed by atoms with E-state index in [9.17, 15) is 9.18 Å². The van der Waals surface area contributed by atoms with Gasteiger partial charge in [0.2, 0.25) is 0 Å². The minimum atomic E-state index is -0.545. The highest BCUT2D eigenvalue weighted by Gasteiger charge is 2.28. The number of hydrogen-bond acceptors (Lipinski definition) is 1. The lowest BCUT2D eigenvalue weighted by Crippen LogP contribution is -2.19. The lowest BCUT2D eigenvalue weighted by molar-refractivity contribution is 0.616. The van der Waals surface area contributed by atoms with Crippen molar-refractivity contribution in [2.75, 3.05) is 0 Å². The summed E-state index contributed by atoms with van der Waals surface area (Å²) in [4.78, 5) is 12.1. The maximum absolute atomic E-state index is 13.7. The second kappa shape index (κ2) is 3.82. The molecule has 94 valence electrons. The molecule has 0 amide bonds. The summed E-state index contributed by atoms with van der Waals surface area (Å²) >= 11 is 5.96. The third kappa shape index (κ3) is 1.57. The molecule has 4 heteroatoms. The highest BCUT2D eigenvalue weighted by Crippen LogP contribution is 2.43. The Bertz CT molecular complexity index is 716. The third-order valence-electron chi connectivity index (χ3n) is 3.60. The Kier molecular flexibility index (Phi) is 2.49. The molecule has 0 saturated heterocycles. The van der Waals surface area contributed by atoms with Crippen LogP contribution < -0.4 is 5.56 Å². The summed E-state index contributed by atoms with van der Waals surface area (Å²) in [7, 11) is 0. The fraction of sp³-hybridized carbons (Fsp3) is 0.357. The SMILES string of the molecule is Cc1cc(C2CC2)c2c(C)c(Cl)c(F)cn2c1=O. The zero-order chi connectivity index (χ0) is 13.0. The molecule has 2 aromatic rings. The van der Waals surface area contributed by atoms with Crippen molar-refractivity contribution in [1.29, 1.82) is 0 Å². The minimum absolute atomic E-state index is 0.111. The van der Waals surface area contributed by atoms with Gasteiger partial charge in [-0.2, -0.15) is 0 Å². The molecule has 1 fully saturated rings. The van der Waals surface area contributed by atoms with Crippen LogP contribution in [0.5, 0.6) is 0 Å². The molecule has 3 rings (SSSR count). The van der Waals surface area contributed by atoms with E-state index in [2.05, 4.69) is 0 Å². The Morgan fingerprint density at radius 3 is 2.67 bits per heavy atom. The number of pyridine rings is 2. The van der Waals surface area contributed by atoms with E-state index in [0.29, 0.717) is 17.0 Å². The molecule has 0 aliphatic heterocycles. The van der Waals surface area contributed by atoms with E-state index in [1.54, 1.807) is 13.8 Å². The number of aryl methyl sites for hydroxylation is 2. The normalized spacial score (nSPS) is 15.3. The monoisotopic (exact) mass is 265 g/mol. The van der Waals surface area contributed by atoms with Gasteiger partial charge >= 0.3 is 0 Å². The molecule has 0 spiro atoms. The number of aromatic nitrogens is 1. The predicted octanol–water partition coefficient (Wildman–Crippen LogP) is 3.59. The molecular formula is C14H13ClFNO. The summed E-state index contributed by atoms with van der Waals surface area (Å²) in [6.07, 6.45) is 3.45. The van der Waals surface area contributed by atoms with Crippen LogP contribution in [0.25, 0.3) is 5.52 Å². The van der Waals surface area contributed by atoms with Crippen LogP contribution in [-0.4, -0.2) is 4.40 Å². The Hall–Kier alpha value is -1.35. The first kappa shape index (κ1) is 11.7. The van der Waals surface area contributed by atoms with Crippen molar-refractivity contribution < 1.29 is 4.39 Å². The molecule has 0 radical (unpaired) electrons. The van der Waals surface area contributed by atoms with Crippen molar-refractivity contribution in [2.45, 2.75) is 32.6 Å². The molecule has 1 aliphatic carbocycles. The zero-order valence-electron chi connectivity index (χ0n) is 10.3. The van der Waals surface area contributed by atoms with Gasteiger partial charge in [-0.3, -0.25) is 9.20 Å². The van der Waals surface area contributed by atoms with Gasteiger partial charge in [0.25, 0.3) is 5.56 Å². The van der Waals surface area contributed by atoms with Gasteiger partial charge in [0.05, 0.1) is 10.5 Å². The van der Waals surface area contributed by atoms with Crippen LogP contribution in [0.15, 0.2) is 17.1 Å². The van der Waals surface area contributed by atoms with E-state index in [-0.39, 0.29) is 10.6 Å². The molecule has 2 nitrogen and oxygen atoms in total. The number of halogens is 2. The van der Waals surface area contributed by atoms with E-state index in [4.69, 9.17) is 11.6 Å². The third-order valence-corrected chi connectivity index (χ3v) is 4.06. The molecule has 0 bridgehead atoms. The van der Waals surface area contributed by atoms with Crippen LogP contribution in [0.3, 0.4) is 0 Å². The highest BCUT2D eigenvalue weighted by atomic mass is 35.5.